The summed E-state index contributed by atoms with van der Waals surface area (Å²) in [6, 6.07) is 4.63. The number of pyridine rings is 1. The molecule has 0 saturated heterocycles. The van der Waals surface area contributed by atoms with Gasteiger partial charge in [0, 0.05) is 6.20 Å². The zero-order chi connectivity index (χ0) is 12.3. The fourth-order valence-electron chi connectivity index (χ4n) is 1.22. The first-order valence-electron chi connectivity index (χ1n) is 4.68. The number of imide groups is 1. The summed E-state index contributed by atoms with van der Waals surface area (Å²) in [6.45, 7) is 0. The maximum absolute atomic E-state index is 11.2. The van der Waals surface area contributed by atoms with E-state index in [9.17, 15) is 9.59 Å². The Bertz CT molecular complexity index is 567. The molecule has 0 aliphatic carbocycles. The average molecular weight is 251 g/mol. The molecule has 2 rings (SSSR count). The van der Waals surface area contributed by atoms with Crippen molar-refractivity contribution in [3.05, 3.63) is 24.4 Å². The highest BCUT2D eigenvalue weighted by atomic mass is 32.2. The molecule has 0 radical (unpaired) electrons. The molecule has 88 valence electrons. The van der Waals surface area contributed by atoms with E-state index in [1.54, 1.807) is 16.7 Å². The Morgan fingerprint density at radius 2 is 2.24 bits per heavy atom. The number of amides is 3. The largest absolute Gasteiger partial charge is 0.351 e. The monoisotopic (exact) mass is 251 g/mol. The Morgan fingerprint density at radius 1 is 1.41 bits per heavy atom. The smallest absolute Gasteiger partial charge is 0.318 e. The molecule has 3 amide bonds. The number of carbonyl (C=O) groups excluding carboxylic acids is 2. The number of rotatable bonds is 3. The number of fused-ring (bicyclic) bond motifs is 1. The molecule has 7 nitrogen and oxygen atoms in total. The van der Waals surface area contributed by atoms with Gasteiger partial charge in [0.2, 0.25) is 5.91 Å². The zero-order valence-electron chi connectivity index (χ0n) is 8.66. The number of carbonyl (C=O) groups is 2. The van der Waals surface area contributed by atoms with Crippen molar-refractivity contribution < 1.29 is 9.59 Å². The molecular weight excluding hydrogens is 242 g/mol. The highest BCUT2D eigenvalue weighted by Gasteiger charge is 2.09. The summed E-state index contributed by atoms with van der Waals surface area (Å²) in [7, 11) is 0. The number of thioether (sulfide) groups is 1. The van der Waals surface area contributed by atoms with E-state index in [1.165, 1.54) is 11.8 Å². The van der Waals surface area contributed by atoms with Crippen LogP contribution in [0.25, 0.3) is 5.65 Å². The minimum atomic E-state index is -0.860. The predicted molar refractivity (Wildman–Crippen MR) is 61.4 cm³/mol. The van der Waals surface area contributed by atoms with Gasteiger partial charge in [-0.2, -0.15) is 0 Å². The van der Waals surface area contributed by atoms with Gasteiger partial charge in [-0.3, -0.25) is 14.5 Å². The molecule has 0 unspecified atom stereocenters. The topological polar surface area (TPSA) is 102 Å². The Balaban J connectivity index is 2.04. The van der Waals surface area contributed by atoms with Crippen LogP contribution in [-0.4, -0.2) is 32.3 Å². The highest BCUT2D eigenvalue weighted by Crippen LogP contribution is 2.15. The molecule has 0 atom stereocenters. The molecule has 0 aliphatic rings. The van der Waals surface area contributed by atoms with Crippen molar-refractivity contribution in [3.8, 4) is 0 Å². The van der Waals surface area contributed by atoms with E-state index in [0.717, 1.165) is 0 Å². The van der Waals surface area contributed by atoms with Crippen molar-refractivity contribution in [2.24, 2.45) is 5.73 Å². The van der Waals surface area contributed by atoms with Crippen molar-refractivity contribution in [1.82, 2.24) is 19.9 Å². The Morgan fingerprint density at radius 3 is 3.00 bits per heavy atom. The second kappa shape index (κ2) is 4.83. The quantitative estimate of drug-likeness (QED) is 0.748. The second-order valence-corrected chi connectivity index (χ2v) is 4.06. The maximum Gasteiger partial charge on any atom is 0.318 e. The van der Waals surface area contributed by atoms with E-state index in [-0.39, 0.29) is 5.75 Å². The Kier molecular flexibility index (Phi) is 3.24. The fourth-order valence-corrected chi connectivity index (χ4v) is 1.95. The molecule has 0 fully saturated rings. The van der Waals surface area contributed by atoms with Crippen molar-refractivity contribution in [2.45, 2.75) is 5.16 Å². The van der Waals surface area contributed by atoms with Gasteiger partial charge in [0.25, 0.3) is 0 Å². The maximum atomic E-state index is 11.2. The third kappa shape index (κ3) is 2.72. The van der Waals surface area contributed by atoms with Crippen LogP contribution in [0.1, 0.15) is 0 Å². The first-order valence-corrected chi connectivity index (χ1v) is 5.67. The number of nitrogens with zero attached hydrogens (tertiary/aromatic N) is 3. The minimum absolute atomic E-state index is 0.0542. The van der Waals surface area contributed by atoms with Gasteiger partial charge in [-0.1, -0.05) is 17.8 Å². The van der Waals surface area contributed by atoms with Gasteiger partial charge in [-0.15, -0.1) is 10.2 Å². The van der Waals surface area contributed by atoms with Crippen LogP contribution in [0.15, 0.2) is 29.6 Å². The predicted octanol–water partition coefficient (Wildman–Crippen LogP) is 0.0163. The van der Waals surface area contributed by atoms with Gasteiger partial charge in [0.15, 0.2) is 10.8 Å². The molecule has 2 heterocycles. The van der Waals surface area contributed by atoms with Crippen LogP contribution in [0.4, 0.5) is 4.79 Å². The van der Waals surface area contributed by atoms with E-state index in [1.807, 2.05) is 17.4 Å². The van der Waals surface area contributed by atoms with Crippen LogP contribution in [0, 0.1) is 0 Å². The van der Waals surface area contributed by atoms with Crippen molar-refractivity contribution in [2.75, 3.05) is 5.75 Å². The fraction of sp³-hybridized carbons (Fsp3) is 0.111. The number of aromatic nitrogens is 3. The van der Waals surface area contributed by atoms with Gasteiger partial charge in [-0.25, -0.2) is 4.79 Å². The van der Waals surface area contributed by atoms with Crippen LogP contribution < -0.4 is 11.1 Å². The number of hydrogen-bond acceptors (Lipinski definition) is 5. The summed E-state index contributed by atoms with van der Waals surface area (Å²) in [5, 5.41) is 10.4. The van der Waals surface area contributed by atoms with Crippen molar-refractivity contribution in [3.63, 3.8) is 0 Å². The molecule has 0 bridgehead atoms. The molecule has 3 N–H and O–H groups in total. The molecule has 0 saturated carbocycles. The van der Waals surface area contributed by atoms with Crippen LogP contribution in [0.5, 0.6) is 0 Å². The van der Waals surface area contributed by atoms with E-state index in [4.69, 9.17) is 5.73 Å². The van der Waals surface area contributed by atoms with Crippen LogP contribution in [0.3, 0.4) is 0 Å². The van der Waals surface area contributed by atoms with Gasteiger partial charge in [0.1, 0.15) is 0 Å². The second-order valence-electron chi connectivity index (χ2n) is 3.11. The van der Waals surface area contributed by atoms with E-state index < -0.39 is 11.9 Å². The standard InChI is InChI=1S/C9H9N5O2S/c10-8(16)11-7(15)5-17-9-13-12-6-3-1-2-4-14(6)9/h1-4H,5H2,(H3,10,11,15,16). The van der Waals surface area contributed by atoms with E-state index >= 15 is 0 Å². The van der Waals surface area contributed by atoms with Crippen LogP contribution in [0.2, 0.25) is 0 Å². The lowest BCUT2D eigenvalue weighted by Gasteiger charge is -1.99. The Labute approximate surface area is 100 Å². The molecule has 2 aromatic heterocycles. The number of primary amides is 1. The lowest BCUT2D eigenvalue weighted by Crippen LogP contribution is -2.36. The third-order valence-corrected chi connectivity index (χ3v) is 2.82. The molecule has 0 spiro atoms. The van der Waals surface area contributed by atoms with Crippen molar-refractivity contribution in [1.29, 1.82) is 0 Å². The summed E-state index contributed by atoms with van der Waals surface area (Å²) < 4.78 is 1.75. The SMILES string of the molecule is NC(=O)NC(=O)CSc1nnc2ccccn12. The van der Waals surface area contributed by atoms with Gasteiger partial charge in [0.05, 0.1) is 5.75 Å². The Hall–Kier alpha value is -2.09. The summed E-state index contributed by atoms with van der Waals surface area (Å²) in [5.74, 6) is -0.409. The molecule has 17 heavy (non-hydrogen) atoms. The summed E-state index contributed by atoms with van der Waals surface area (Å²) in [4.78, 5) is 21.6. The van der Waals surface area contributed by atoms with E-state index in [2.05, 4.69) is 10.2 Å². The lowest BCUT2D eigenvalue weighted by atomic mass is 10.5. The highest BCUT2D eigenvalue weighted by molar-refractivity contribution is 7.99. The summed E-state index contributed by atoms with van der Waals surface area (Å²) in [6.07, 6.45) is 1.80. The first-order chi connectivity index (χ1) is 8.16. The molecular formula is C9H9N5O2S. The number of hydrogen-bond donors (Lipinski definition) is 2. The molecule has 0 aliphatic heterocycles. The number of urea groups is 1. The molecule has 0 aromatic carbocycles. The lowest BCUT2D eigenvalue weighted by molar-refractivity contribution is -0.117. The molecule has 8 heteroatoms. The zero-order valence-corrected chi connectivity index (χ0v) is 9.48. The number of nitrogens with one attached hydrogen (secondary N) is 1. The molecule has 2 aromatic rings. The van der Waals surface area contributed by atoms with Gasteiger partial charge >= 0.3 is 6.03 Å². The van der Waals surface area contributed by atoms with E-state index in [0.29, 0.717) is 10.8 Å². The summed E-state index contributed by atoms with van der Waals surface area (Å²) >= 11 is 1.18. The minimum Gasteiger partial charge on any atom is -0.351 e. The first kappa shape index (κ1) is 11.4. The summed E-state index contributed by atoms with van der Waals surface area (Å²) in [5.41, 5.74) is 5.52. The third-order valence-electron chi connectivity index (χ3n) is 1.88. The average Bonchev–Trinajstić information content (AvgIpc) is 2.69. The van der Waals surface area contributed by atoms with Gasteiger partial charge in [-0.05, 0) is 12.1 Å². The normalized spacial score (nSPS) is 10.4. The van der Waals surface area contributed by atoms with Crippen LogP contribution in [-0.2, 0) is 4.79 Å². The van der Waals surface area contributed by atoms with Gasteiger partial charge < -0.3 is 5.73 Å². The van der Waals surface area contributed by atoms with Crippen LogP contribution >= 0.6 is 11.8 Å². The van der Waals surface area contributed by atoms with Crippen molar-refractivity contribution >= 4 is 29.3 Å². The number of nitrogens with two attached hydrogens (primary N) is 1.